The van der Waals surface area contributed by atoms with Gasteiger partial charge in [0.05, 0.1) is 6.26 Å². The predicted octanol–water partition coefficient (Wildman–Crippen LogP) is 1.64. The molecule has 23 heavy (non-hydrogen) atoms. The number of nitrogens with zero attached hydrogens (tertiary/aromatic N) is 1. The van der Waals surface area contributed by atoms with Gasteiger partial charge in [-0.2, -0.15) is 0 Å². The number of benzene rings is 1. The fourth-order valence-electron chi connectivity index (χ4n) is 1.85. The third-order valence-electron chi connectivity index (χ3n) is 2.94. The van der Waals surface area contributed by atoms with E-state index in [4.69, 9.17) is 23.2 Å². The zero-order chi connectivity index (χ0) is 17.3. The summed E-state index contributed by atoms with van der Waals surface area (Å²) >= 11 is 12.0. The molecule has 0 saturated heterocycles. The topological polar surface area (TPSA) is 82.6 Å². The van der Waals surface area contributed by atoms with Gasteiger partial charge in [-0.3, -0.25) is 4.99 Å². The van der Waals surface area contributed by atoms with Gasteiger partial charge in [-0.15, -0.1) is 0 Å². The van der Waals surface area contributed by atoms with Crippen molar-refractivity contribution >= 4 is 39.2 Å². The van der Waals surface area contributed by atoms with Gasteiger partial charge in [0.2, 0.25) is 10.0 Å². The van der Waals surface area contributed by atoms with Crippen LogP contribution in [0.2, 0.25) is 10.0 Å². The summed E-state index contributed by atoms with van der Waals surface area (Å²) in [7, 11) is -1.50. The van der Waals surface area contributed by atoms with Crippen molar-refractivity contribution in [2.24, 2.45) is 4.99 Å². The van der Waals surface area contributed by atoms with Crippen molar-refractivity contribution in [1.29, 1.82) is 0 Å². The highest BCUT2D eigenvalue weighted by molar-refractivity contribution is 7.88. The van der Waals surface area contributed by atoms with Gasteiger partial charge in [-0.1, -0.05) is 29.3 Å². The minimum absolute atomic E-state index is 0.305. The average Bonchev–Trinajstić information content (AvgIpc) is 2.46. The van der Waals surface area contributed by atoms with Crippen LogP contribution < -0.4 is 15.4 Å². The van der Waals surface area contributed by atoms with E-state index < -0.39 is 10.0 Å². The fourth-order valence-corrected chi connectivity index (χ4v) is 2.82. The van der Waals surface area contributed by atoms with Crippen LogP contribution in [0.15, 0.2) is 23.2 Å². The molecule has 0 fully saturated rings. The largest absolute Gasteiger partial charge is 0.356 e. The molecule has 1 rings (SSSR count). The Kier molecular flexibility index (Phi) is 8.68. The number of halogens is 2. The average molecular weight is 381 g/mol. The summed E-state index contributed by atoms with van der Waals surface area (Å²) in [5.74, 6) is 0.627. The Morgan fingerprint density at radius 1 is 1.17 bits per heavy atom. The quantitative estimate of drug-likeness (QED) is 0.363. The van der Waals surface area contributed by atoms with Crippen molar-refractivity contribution in [3.05, 3.63) is 33.8 Å². The molecule has 0 aliphatic heterocycles. The molecule has 0 saturated carbocycles. The molecular weight excluding hydrogens is 359 g/mol. The first-order valence-electron chi connectivity index (χ1n) is 7.15. The SMILES string of the molecule is CN=C(NCCCc1ccc(Cl)cc1Cl)NCCNS(C)(=O)=O. The maximum atomic E-state index is 10.9. The molecule has 130 valence electrons. The van der Waals surface area contributed by atoms with Crippen molar-refractivity contribution in [3.63, 3.8) is 0 Å². The summed E-state index contributed by atoms with van der Waals surface area (Å²) < 4.78 is 24.3. The van der Waals surface area contributed by atoms with Crippen LogP contribution in [0.5, 0.6) is 0 Å². The number of nitrogens with one attached hydrogen (secondary N) is 3. The second kappa shape index (κ2) is 9.97. The molecule has 6 nitrogen and oxygen atoms in total. The molecular formula is C14H22Cl2N4O2S. The molecule has 3 N–H and O–H groups in total. The van der Waals surface area contributed by atoms with Crippen LogP contribution >= 0.6 is 23.2 Å². The number of aryl methyl sites for hydroxylation is 1. The Bertz CT molecular complexity index is 636. The Morgan fingerprint density at radius 2 is 1.87 bits per heavy atom. The molecule has 0 unspecified atom stereocenters. The maximum Gasteiger partial charge on any atom is 0.208 e. The maximum absolute atomic E-state index is 10.9. The molecule has 0 aliphatic carbocycles. The van der Waals surface area contributed by atoms with E-state index in [0.717, 1.165) is 31.2 Å². The van der Waals surface area contributed by atoms with Crippen molar-refractivity contribution in [3.8, 4) is 0 Å². The molecule has 0 aromatic heterocycles. The molecule has 0 heterocycles. The highest BCUT2D eigenvalue weighted by atomic mass is 35.5. The number of sulfonamides is 1. The first-order valence-corrected chi connectivity index (χ1v) is 9.79. The molecule has 0 bridgehead atoms. The molecule has 0 aliphatic rings. The van der Waals surface area contributed by atoms with Crippen molar-refractivity contribution in [2.45, 2.75) is 12.8 Å². The lowest BCUT2D eigenvalue weighted by atomic mass is 10.1. The van der Waals surface area contributed by atoms with Gasteiger partial charge in [0.1, 0.15) is 0 Å². The van der Waals surface area contributed by atoms with Gasteiger partial charge >= 0.3 is 0 Å². The molecule has 0 spiro atoms. The molecule has 9 heteroatoms. The standard InChI is InChI=1S/C14H22Cl2N4O2S/c1-17-14(19-8-9-20-23(2,21)22)18-7-3-4-11-5-6-12(15)10-13(11)16/h5-6,10,20H,3-4,7-9H2,1-2H3,(H2,17,18,19). The van der Waals surface area contributed by atoms with E-state index in [9.17, 15) is 8.42 Å². The van der Waals surface area contributed by atoms with Gasteiger partial charge in [-0.05, 0) is 30.5 Å². The van der Waals surface area contributed by atoms with E-state index in [1.54, 1.807) is 13.1 Å². The minimum Gasteiger partial charge on any atom is -0.356 e. The smallest absolute Gasteiger partial charge is 0.208 e. The van der Waals surface area contributed by atoms with Gasteiger partial charge in [0, 0.05) is 36.7 Å². The van der Waals surface area contributed by atoms with Gasteiger partial charge in [-0.25, -0.2) is 13.1 Å². The first-order chi connectivity index (χ1) is 10.8. The Morgan fingerprint density at radius 3 is 2.48 bits per heavy atom. The number of hydrogen-bond donors (Lipinski definition) is 3. The van der Waals surface area contributed by atoms with Crippen LogP contribution in [-0.4, -0.2) is 47.3 Å². The Hall–Kier alpha value is -1.02. The number of hydrogen-bond acceptors (Lipinski definition) is 3. The van der Waals surface area contributed by atoms with Crippen molar-refractivity contribution in [2.75, 3.05) is 32.9 Å². The summed E-state index contributed by atoms with van der Waals surface area (Å²) in [6, 6.07) is 5.49. The summed E-state index contributed by atoms with van der Waals surface area (Å²) in [5.41, 5.74) is 1.05. The van der Waals surface area contributed by atoms with Crippen LogP contribution in [-0.2, 0) is 16.4 Å². The minimum atomic E-state index is -3.16. The van der Waals surface area contributed by atoms with E-state index in [-0.39, 0.29) is 0 Å². The van der Waals surface area contributed by atoms with E-state index in [0.29, 0.717) is 29.1 Å². The van der Waals surface area contributed by atoms with Gasteiger partial charge in [0.15, 0.2) is 5.96 Å². The van der Waals surface area contributed by atoms with E-state index in [1.807, 2.05) is 12.1 Å². The van der Waals surface area contributed by atoms with Crippen LogP contribution in [0.3, 0.4) is 0 Å². The van der Waals surface area contributed by atoms with Crippen LogP contribution in [0, 0.1) is 0 Å². The van der Waals surface area contributed by atoms with Gasteiger partial charge in [0.25, 0.3) is 0 Å². The van der Waals surface area contributed by atoms with Crippen LogP contribution in [0.25, 0.3) is 0 Å². The second-order valence-corrected chi connectivity index (χ2v) is 7.61. The first kappa shape index (κ1) is 20.0. The van der Waals surface area contributed by atoms with Crippen LogP contribution in [0.4, 0.5) is 0 Å². The summed E-state index contributed by atoms with van der Waals surface area (Å²) in [5, 5.41) is 7.49. The highest BCUT2D eigenvalue weighted by Gasteiger charge is 2.03. The molecule has 0 atom stereocenters. The molecule has 1 aromatic carbocycles. The van der Waals surface area contributed by atoms with Crippen molar-refractivity contribution in [1.82, 2.24) is 15.4 Å². The number of guanidine groups is 1. The summed E-state index contributed by atoms with van der Waals surface area (Å²) in [6.45, 7) is 1.48. The summed E-state index contributed by atoms with van der Waals surface area (Å²) in [4.78, 5) is 4.07. The second-order valence-electron chi connectivity index (χ2n) is 4.93. The monoisotopic (exact) mass is 380 g/mol. The number of aliphatic imine (C=N–C) groups is 1. The third kappa shape index (κ3) is 9.00. The summed E-state index contributed by atoms with van der Waals surface area (Å²) in [6.07, 6.45) is 2.83. The lowest BCUT2D eigenvalue weighted by Gasteiger charge is -2.12. The Labute approximate surface area is 147 Å². The highest BCUT2D eigenvalue weighted by Crippen LogP contribution is 2.21. The van der Waals surface area contributed by atoms with E-state index in [1.165, 1.54) is 0 Å². The van der Waals surface area contributed by atoms with Gasteiger partial charge < -0.3 is 10.6 Å². The fraction of sp³-hybridized carbons (Fsp3) is 0.500. The van der Waals surface area contributed by atoms with Crippen LogP contribution in [0.1, 0.15) is 12.0 Å². The zero-order valence-electron chi connectivity index (χ0n) is 13.2. The lowest BCUT2D eigenvalue weighted by Crippen LogP contribution is -2.41. The van der Waals surface area contributed by atoms with E-state index in [2.05, 4.69) is 20.3 Å². The predicted molar refractivity (Wildman–Crippen MR) is 97.0 cm³/mol. The normalized spacial score (nSPS) is 12.3. The zero-order valence-corrected chi connectivity index (χ0v) is 15.5. The van der Waals surface area contributed by atoms with Crippen molar-refractivity contribution < 1.29 is 8.42 Å². The number of rotatable bonds is 8. The lowest BCUT2D eigenvalue weighted by molar-refractivity contribution is 0.586. The molecule has 1 aromatic rings. The molecule has 0 radical (unpaired) electrons. The van der Waals surface area contributed by atoms with E-state index >= 15 is 0 Å². The third-order valence-corrected chi connectivity index (χ3v) is 4.25. The molecule has 0 amide bonds. The Balaban J connectivity index is 2.25.